The molecule has 0 aliphatic rings. The fourth-order valence-corrected chi connectivity index (χ4v) is 1.97. The van der Waals surface area contributed by atoms with E-state index in [1.165, 1.54) is 0 Å². The van der Waals surface area contributed by atoms with Crippen LogP contribution >= 0.6 is 0 Å². The first-order chi connectivity index (χ1) is 9.34. The van der Waals surface area contributed by atoms with Gasteiger partial charge in [-0.1, -0.05) is 30.3 Å². The van der Waals surface area contributed by atoms with Crippen LogP contribution in [0.4, 0.5) is 0 Å². The largest absolute Gasteiger partial charge is 0.268 e. The van der Waals surface area contributed by atoms with E-state index < -0.39 is 0 Å². The van der Waals surface area contributed by atoms with Gasteiger partial charge in [-0.3, -0.25) is 9.78 Å². The summed E-state index contributed by atoms with van der Waals surface area (Å²) < 4.78 is 0. The molecule has 0 spiro atoms. The standard InChI is InChI=1S/C15H11N3O/c19-14-10-13(11-6-8-16-9-7-11)15(18-17-14)12-4-2-1-3-5-12/h1-10H,(H,17,19). The average Bonchev–Trinajstić information content (AvgIpc) is 2.49. The Morgan fingerprint density at radius 1 is 0.895 bits per heavy atom. The highest BCUT2D eigenvalue weighted by atomic mass is 16.1. The van der Waals surface area contributed by atoms with Gasteiger partial charge in [0.05, 0.1) is 5.69 Å². The van der Waals surface area contributed by atoms with Gasteiger partial charge in [-0.05, 0) is 17.7 Å². The molecule has 2 aromatic heterocycles. The van der Waals surface area contributed by atoms with Crippen molar-refractivity contribution in [2.24, 2.45) is 0 Å². The average molecular weight is 249 g/mol. The summed E-state index contributed by atoms with van der Waals surface area (Å²) in [5.41, 5.74) is 3.23. The van der Waals surface area contributed by atoms with Crippen molar-refractivity contribution in [3.63, 3.8) is 0 Å². The molecule has 0 saturated carbocycles. The molecule has 0 saturated heterocycles. The zero-order chi connectivity index (χ0) is 13.1. The molecular formula is C15H11N3O. The summed E-state index contributed by atoms with van der Waals surface area (Å²) in [7, 11) is 0. The van der Waals surface area contributed by atoms with Crippen LogP contribution in [0.25, 0.3) is 22.4 Å². The van der Waals surface area contributed by atoms with Gasteiger partial charge in [0.1, 0.15) is 0 Å². The van der Waals surface area contributed by atoms with E-state index in [4.69, 9.17) is 0 Å². The molecule has 92 valence electrons. The third-order valence-corrected chi connectivity index (χ3v) is 2.85. The van der Waals surface area contributed by atoms with E-state index in [9.17, 15) is 4.79 Å². The fraction of sp³-hybridized carbons (Fsp3) is 0. The maximum absolute atomic E-state index is 11.5. The van der Waals surface area contributed by atoms with Crippen LogP contribution in [0.5, 0.6) is 0 Å². The molecule has 19 heavy (non-hydrogen) atoms. The minimum Gasteiger partial charge on any atom is -0.268 e. The van der Waals surface area contributed by atoms with Crippen molar-refractivity contribution in [2.75, 3.05) is 0 Å². The number of nitrogens with one attached hydrogen (secondary N) is 1. The SMILES string of the molecule is O=c1cc(-c2ccncc2)c(-c2ccccc2)n[nH]1. The Hall–Kier alpha value is -2.75. The Morgan fingerprint density at radius 3 is 2.37 bits per heavy atom. The van der Waals surface area contributed by atoms with Gasteiger partial charge in [-0.15, -0.1) is 0 Å². The van der Waals surface area contributed by atoms with E-state index >= 15 is 0 Å². The number of aromatic nitrogens is 3. The number of pyridine rings is 1. The molecule has 1 N–H and O–H groups in total. The first-order valence-corrected chi connectivity index (χ1v) is 5.90. The van der Waals surface area contributed by atoms with Gasteiger partial charge in [-0.2, -0.15) is 5.10 Å². The lowest BCUT2D eigenvalue weighted by atomic mass is 10.0. The van der Waals surface area contributed by atoms with Crippen molar-refractivity contribution in [1.82, 2.24) is 15.2 Å². The molecule has 2 heterocycles. The zero-order valence-corrected chi connectivity index (χ0v) is 10.1. The summed E-state index contributed by atoms with van der Waals surface area (Å²) >= 11 is 0. The maximum atomic E-state index is 11.5. The zero-order valence-electron chi connectivity index (χ0n) is 10.1. The molecule has 0 radical (unpaired) electrons. The number of H-pyrrole nitrogens is 1. The van der Waals surface area contributed by atoms with E-state index in [0.717, 1.165) is 22.4 Å². The van der Waals surface area contributed by atoms with Crippen molar-refractivity contribution in [3.05, 3.63) is 71.3 Å². The molecule has 0 unspecified atom stereocenters. The Morgan fingerprint density at radius 2 is 1.63 bits per heavy atom. The predicted molar refractivity (Wildman–Crippen MR) is 73.5 cm³/mol. The van der Waals surface area contributed by atoms with Gasteiger partial charge in [0.2, 0.25) is 0 Å². The lowest BCUT2D eigenvalue weighted by molar-refractivity contribution is 0.997. The summed E-state index contributed by atoms with van der Waals surface area (Å²) in [5.74, 6) is 0. The van der Waals surface area contributed by atoms with E-state index in [-0.39, 0.29) is 5.56 Å². The molecule has 0 aliphatic carbocycles. The third kappa shape index (κ3) is 2.28. The summed E-state index contributed by atoms with van der Waals surface area (Å²) in [6.07, 6.45) is 3.40. The van der Waals surface area contributed by atoms with Crippen molar-refractivity contribution >= 4 is 0 Å². The molecule has 4 heteroatoms. The van der Waals surface area contributed by atoms with Crippen LogP contribution in [0.3, 0.4) is 0 Å². The summed E-state index contributed by atoms with van der Waals surface area (Å²) in [5, 5.41) is 6.65. The number of aromatic amines is 1. The van der Waals surface area contributed by atoms with E-state index in [1.807, 2.05) is 42.5 Å². The lowest BCUT2D eigenvalue weighted by Gasteiger charge is -2.07. The normalized spacial score (nSPS) is 10.3. The van der Waals surface area contributed by atoms with Crippen LogP contribution in [-0.2, 0) is 0 Å². The Bertz CT molecular complexity index is 736. The lowest BCUT2D eigenvalue weighted by Crippen LogP contribution is -2.08. The van der Waals surface area contributed by atoms with Crippen LogP contribution in [-0.4, -0.2) is 15.2 Å². The van der Waals surface area contributed by atoms with Gasteiger partial charge >= 0.3 is 0 Å². The minimum absolute atomic E-state index is 0.216. The summed E-state index contributed by atoms with van der Waals surface area (Å²) in [6.45, 7) is 0. The second-order valence-electron chi connectivity index (χ2n) is 4.10. The predicted octanol–water partition coefficient (Wildman–Crippen LogP) is 2.50. The Labute approximate surface area is 109 Å². The van der Waals surface area contributed by atoms with Gasteiger partial charge in [0.15, 0.2) is 0 Å². The monoisotopic (exact) mass is 249 g/mol. The van der Waals surface area contributed by atoms with Crippen molar-refractivity contribution in [1.29, 1.82) is 0 Å². The Kier molecular flexibility index (Phi) is 2.90. The van der Waals surface area contributed by atoms with Crippen LogP contribution in [0.1, 0.15) is 0 Å². The molecule has 0 bridgehead atoms. The molecular weight excluding hydrogens is 238 g/mol. The van der Waals surface area contributed by atoms with Gasteiger partial charge in [0.25, 0.3) is 5.56 Å². The van der Waals surface area contributed by atoms with Crippen LogP contribution in [0.15, 0.2) is 65.7 Å². The highest BCUT2D eigenvalue weighted by Gasteiger charge is 2.09. The third-order valence-electron chi connectivity index (χ3n) is 2.85. The second kappa shape index (κ2) is 4.86. The van der Waals surface area contributed by atoms with Crippen LogP contribution in [0.2, 0.25) is 0 Å². The van der Waals surface area contributed by atoms with E-state index in [2.05, 4.69) is 15.2 Å². The molecule has 3 rings (SSSR count). The van der Waals surface area contributed by atoms with Crippen molar-refractivity contribution < 1.29 is 0 Å². The Balaban J connectivity index is 2.24. The fourth-order valence-electron chi connectivity index (χ4n) is 1.97. The molecule has 0 amide bonds. The van der Waals surface area contributed by atoms with Crippen LogP contribution in [0, 0.1) is 0 Å². The molecule has 4 nitrogen and oxygen atoms in total. The van der Waals surface area contributed by atoms with Crippen molar-refractivity contribution in [2.45, 2.75) is 0 Å². The van der Waals surface area contributed by atoms with E-state index in [0.29, 0.717) is 0 Å². The molecule has 0 atom stereocenters. The summed E-state index contributed by atoms with van der Waals surface area (Å²) in [6, 6.07) is 15.0. The molecule has 3 aromatic rings. The smallest absolute Gasteiger partial charge is 0.264 e. The quantitative estimate of drug-likeness (QED) is 0.759. The molecule has 0 fully saturated rings. The van der Waals surface area contributed by atoms with Crippen molar-refractivity contribution in [3.8, 4) is 22.4 Å². The molecule has 1 aromatic carbocycles. The number of nitrogens with zero attached hydrogens (tertiary/aromatic N) is 2. The summed E-state index contributed by atoms with van der Waals surface area (Å²) in [4.78, 5) is 15.5. The highest BCUT2D eigenvalue weighted by Crippen LogP contribution is 2.27. The van der Waals surface area contributed by atoms with Gasteiger partial charge in [0, 0.05) is 29.6 Å². The first kappa shape index (κ1) is 11.3. The minimum atomic E-state index is -0.216. The number of hydrogen-bond acceptors (Lipinski definition) is 3. The van der Waals surface area contributed by atoms with Gasteiger partial charge in [-0.25, -0.2) is 5.10 Å². The van der Waals surface area contributed by atoms with E-state index in [1.54, 1.807) is 18.5 Å². The second-order valence-corrected chi connectivity index (χ2v) is 4.10. The topological polar surface area (TPSA) is 58.6 Å². The van der Waals surface area contributed by atoms with Crippen LogP contribution < -0.4 is 5.56 Å². The number of benzene rings is 1. The number of hydrogen-bond donors (Lipinski definition) is 1. The highest BCUT2D eigenvalue weighted by molar-refractivity contribution is 5.79. The van der Waals surface area contributed by atoms with Gasteiger partial charge < -0.3 is 0 Å². The number of rotatable bonds is 2. The maximum Gasteiger partial charge on any atom is 0.264 e. The first-order valence-electron chi connectivity index (χ1n) is 5.90. The molecule has 0 aliphatic heterocycles.